The van der Waals surface area contributed by atoms with Crippen LogP contribution < -0.4 is 9.80 Å². The molecule has 0 aliphatic carbocycles. The van der Waals surface area contributed by atoms with Crippen LogP contribution in [0, 0.1) is 5.92 Å². The van der Waals surface area contributed by atoms with E-state index in [1.54, 1.807) is 0 Å². The molecule has 0 spiro atoms. The minimum atomic E-state index is 0.410. The van der Waals surface area contributed by atoms with Gasteiger partial charge < -0.3 is 0 Å². The van der Waals surface area contributed by atoms with Crippen molar-refractivity contribution < 1.29 is 14.6 Å². The van der Waals surface area contributed by atoms with Crippen LogP contribution in [0.2, 0.25) is 0 Å². The maximum atomic E-state index is 11.7. The normalized spacial score (nSPS) is 27.8. The first-order valence-corrected chi connectivity index (χ1v) is 5.21. The Morgan fingerprint density at radius 1 is 1.54 bits per heavy atom. The molecule has 1 aliphatic heterocycles. The van der Waals surface area contributed by atoms with Gasteiger partial charge >= 0.3 is 5.91 Å². The molecule has 0 aromatic rings. The number of likely N-dealkylation sites (tertiary alicyclic amines) is 1. The van der Waals surface area contributed by atoms with Crippen molar-refractivity contribution in [2.75, 3.05) is 20.6 Å². The molecule has 1 aliphatic rings. The first-order chi connectivity index (χ1) is 6.02. The zero-order valence-corrected chi connectivity index (χ0v) is 9.18. The van der Waals surface area contributed by atoms with Gasteiger partial charge in [-0.15, -0.1) is 0 Å². The quantitative estimate of drug-likeness (QED) is 0.541. The van der Waals surface area contributed by atoms with Gasteiger partial charge in [0.2, 0.25) is 6.17 Å². The second-order valence-electron chi connectivity index (χ2n) is 4.71. The molecule has 3 heteroatoms. The lowest BCUT2D eigenvalue weighted by Crippen LogP contribution is -3.39. The lowest BCUT2D eigenvalue weighted by molar-refractivity contribution is -1.10. The van der Waals surface area contributed by atoms with Crippen LogP contribution in [-0.4, -0.2) is 32.7 Å². The van der Waals surface area contributed by atoms with Crippen LogP contribution in [0.5, 0.6) is 0 Å². The van der Waals surface area contributed by atoms with Crippen LogP contribution in [0.25, 0.3) is 0 Å². The fourth-order valence-corrected chi connectivity index (χ4v) is 1.91. The fourth-order valence-electron chi connectivity index (χ4n) is 1.91. The van der Waals surface area contributed by atoms with Crippen LogP contribution in [0.15, 0.2) is 0 Å². The third-order valence-electron chi connectivity index (χ3n) is 2.77. The number of quaternary nitrogens is 2. The number of hydrogen-bond acceptors (Lipinski definition) is 1. The summed E-state index contributed by atoms with van der Waals surface area (Å²) in [5.41, 5.74) is 0. The number of hydrogen-bond donors (Lipinski definition) is 2. The second kappa shape index (κ2) is 4.20. The predicted octanol–water partition coefficient (Wildman–Crippen LogP) is -1.68. The number of carbonyl (C=O) groups excluding carboxylic acids is 1. The number of rotatable bonds is 3. The first kappa shape index (κ1) is 10.7. The molecular weight excluding hydrogens is 164 g/mol. The van der Waals surface area contributed by atoms with E-state index in [0.717, 1.165) is 13.0 Å². The van der Waals surface area contributed by atoms with Gasteiger partial charge in [-0.3, -0.25) is 4.90 Å². The smallest absolute Gasteiger partial charge is 0.290 e. The molecular formula is C10H22N2O+2. The summed E-state index contributed by atoms with van der Waals surface area (Å²) in [4.78, 5) is 14.3. The van der Waals surface area contributed by atoms with Crippen molar-refractivity contribution in [1.29, 1.82) is 0 Å². The Bertz CT molecular complexity index is 189. The van der Waals surface area contributed by atoms with E-state index >= 15 is 0 Å². The lowest BCUT2D eigenvalue weighted by atomic mass is 10.1. The molecule has 1 rings (SSSR count). The number of amides is 1. The van der Waals surface area contributed by atoms with Crippen LogP contribution in [0.1, 0.15) is 26.7 Å². The first-order valence-electron chi connectivity index (χ1n) is 5.21. The highest BCUT2D eigenvalue weighted by Gasteiger charge is 2.42. The van der Waals surface area contributed by atoms with Crippen molar-refractivity contribution in [2.24, 2.45) is 5.92 Å². The van der Waals surface area contributed by atoms with Crippen molar-refractivity contribution in [2.45, 2.75) is 32.9 Å². The highest BCUT2D eigenvalue weighted by Crippen LogP contribution is 1.98. The monoisotopic (exact) mass is 186 g/mol. The fraction of sp³-hybridized carbons (Fsp3) is 0.900. The van der Waals surface area contributed by atoms with E-state index < -0.39 is 0 Å². The maximum Gasteiger partial charge on any atom is 0.317 e. The minimum absolute atomic E-state index is 0.410. The molecule has 1 saturated heterocycles. The van der Waals surface area contributed by atoms with E-state index in [9.17, 15) is 4.79 Å². The Morgan fingerprint density at radius 3 is 2.46 bits per heavy atom. The third kappa shape index (κ3) is 2.51. The highest BCUT2D eigenvalue weighted by molar-refractivity contribution is 5.67. The van der Waals surface area contributed by atoms with Gasteiger partial charge in [-0.05, 0) is 5.92 Å². The van der Waals surface area contributed by atoms with Gasteiger partial charge in [0.25, 0.3) is 0 Å². The summed E-state index contributed by atoms with van der Waals surface area (Å²) < 4.78 is 0. The summed E-state index contributed by atoms with van der Waals surface area (Å²) in [5.74, 6) is 0.908. The topological polar surface area (TPSA) is 26.0 Å². The molecule has 2 unspecified atom stereocenters. The van der Waals surface area contributed by atoms with Gasteiger partial charge in [-0.1, -0.05) is 13.8 Å². The molecule has 13 heavy (non-hydrogen) atoms. The predicted molar refractivity (Wildman–Crippen MR) is 51.5 cm³/mol. The van der Waals surface area contributed by atoms with Crippen molar-refractivity contribution in [3.8, 4) is 0 Å². The summed E-state index contributed by atoms with van der Waals surface area (Å²) >= 11 is 0. The second-order valence-corrected chi connectivity index (χ2v) is 4.71. The van der Waals surface area contributed by atoms with Gasteiger partial charge in [0.1, 0.15) is 13.0 Å². The van der Waals surface area contributed by atoms with Gasteiger partial charge in [0, 0.05) is 0 Å². The number of carbonyl (C=O) groups is 1. The Kier molecular flexibility index (Phi) is 3.45. The van der Waals surface area contributed by atoms with Crippen molar-refractivity contribution >= 4 is 5.91 Å². The van der Waals surface area contributed by atoms with Gasteiger partial charge in [-0.2, -0.15) is 0 Å². The maximum absolute atomic E-state index is 11.7. The SMILES string of the molecule is CC(C)CC(=O)[NH+]1CCC1[NH+](C)C. The van der Waals surface area contributed by atoms with Crippen molar-refractivity contribution in [3.05, 3.63) is 0 Å². The third-order valence-corrected chi connectivity index (χ3v) is 2.77. The van der Waals surface area contributed by atoms with Crippen molar-refractivity contribution in [1.82, 2.24) is 0 Å². The zero-order chi connectivity index (χ0) is 10.0. The van der Waals surface area contributed by atoms with E-state index in [1.807, 2.05) is 0 Å². The summed E-state index contributed by atoms with van der Waals surface area (Å²) in [6.07, 6.45) is 2.45. The van der Waals surface area contributed by atoms with E-state index in [1.165, 1.54) is 16.2 Å². The molecule has 0 aromatic heterocycles. The number of nitrogens with one attached hydrogen (secondary N) is 2. The Morgan fingerprint density at radius 2 is 2.15 bits per heavy atom. The molecule has 1 heterocycles. The molecule has 1 fully saturated rings. The zero-order valence-electron chi connectivity index (χ0n) is 9.18. The summed E-state index contributed by atoms with van der Waals surface area (Å²) in [5, 5.41) is 0. The van der Waals surface area contributed by atoms with Crippen LogP contribution in [0.3, 0.4) is 0 Å². The molecule has 2 N–H and O–H groups in total. The summed E-state index contributed by atoms with van der Waals surface area (Å²) in [6, 6.07) is 0. The van der Waals surface area contributed by atoms with Crippen LogP contribution in [-0.2, 0) is 4.79 Å². The summed E-state index contributed by atoms with van der Waals surface area (Å²) in [6.45, 7) is 5.25. The minimum Gasteiger partial charge on any atom is -0.290 e. The van der Waals surface area contributed by atoms with Crippen LogP contribution in [0.4, 0.5) is 0 Å². The lowest BCUT2D eigenvalue weighted by Gasteiger charge is -2.36. The standard InChI is InChI=1S/C10H20N2O/c1-8(2)7-10(13)12-6-5-9(12)11(3)4/h8-9H,5-7H2,1-4H3/p+2. The molecule has 0 radical (unpaired) electrons. The van der Waals surface area contributed by atoms with Crippen molar-refractivity contribution in [3.63, 3.8) is 0 Å². The van der Waals surface area contributed by atoms with Crippen LogP contribution >= 0.6 is 0 Å². The largest absolute Gasteiger partial charge is 0.317 e. The average Bonchev–Trinajstić information content (AvgIpc) is 1.79. The Hall–Kier alpha value is -0.410. The van der Waals surface area contributed by atoms with Gasteiger partial charge in [0.15, 0.2) is 0 Å². The van der Waals surface area contributed by atoms with Gasteiger partial charge in [0.05, 0.1) is 20.5 Å². The molecule has 76 valence electrons. The molecule has 0 bridgehead atoms. The van der Waals surface area contributed by atoms with E-state index in [0.29, 0.717) is 18.0 Å². The van der Waals surface area contributed by atoms with E-state index in [4.69, 9.17) is 0 Å². The molecule has 3 nitrogen and oxygen atoms in total. The Labute approximate surface area is 80.7 Å². The summed E-state index contributed by atoms with van der Waals surface area (Å²) in [7, 11) is 4.26. The average molecular weight is 186 g/mol. The molecule has 1 amide bonds. The highest BCUT2D eigenvalue weighted by atomic mass is 16.2. The molecule has 0 saturated carbocycles. The van der Waals surface area contributed by atoms with Gasteiger partial charge in [-0.25, -0.2) is 9.69 Å². The molecule has 0 aromatic carbocycles. The van der Waals surface area contributed by atoms with E-state index in [-0.39, 0.29) is 0 Å². The van der Waals surface area contributed by atoms with E-state index in [2.05, 4.69) is 27.9 Å². The molecule has 2 atom stereocenters. The Balaban J connectivity index is 2.40.